The van der Waals surface area contributed by atoms with Crippen LogP contribution >= 0.6 is 0 Å². The fraction of sp³-hybridized carbons (Fsp3) is 0.355. The molecule has 3 aromatic rings. The lowest BCUT2D eigenvalue weighted by Crippen LogP contribution is -2.53. The maximum atomic E-state index is 14.1. The van der Waals surface area contributed by atoms with Gasteiger partial charge >= 0.3 is 0 Å². The highest BCUT2D eigenvalue weighted by atomic mass is 32.2. The molecule has 0 aliphatic heterocycles. The number of para-hydroxylation sites is 1. The molecule has 0 spiro atoms. The maximum absolute atomic E-state index is 14.1. The van der Waals surface area contributed by atoms with E-state index in [-0.39, 0.29) is 23.4 Å². The summed E-state index contributed by atoms with van der Waals surface area (Å²) < 4.78 is 28.9. The van der Waals surface area contributed by atoms with Gasteiger partial charge in [0, 0.05) is 12.6 Å². The van der Waals surface area contributed by atoms with Crippen LogP contribution in [-0.2, 0) is 26.2 Å². The first-order valence-corrected chi connectivity index (χ1v) is 14.8. The lowest BCUT2D eigenvalue weighted by molar-refractivity contribution is -0.140. The molecule has 2 amide bonds. The summed E-state index contributed by atoms with van der Waals surface area (Å²) in [6.45, 7) is 9.28. The smallest absolute Gasteiger partial charge is 0.264 e. The Morgan fingerprint density at radius 2 is 1.54 bits per heavy atom. The van der Waals surface area contributed by atoms with Crippen molar-refractivity contribution in [3.63, 3.8) is 0 Å². The zero-order valence-electron chi connectivity index (χ0n) is 23.4. The van der Waals surface area contributed by atoms with E-state index in [4.69, 9.17) is 0 Å². The Balaban J connectivity index is 2.06. The molecule has 0 aliphatic carbocycles. The Hall–Kier alpha value is -3.65. The third-order valence-electron chi connectivity index (χ3n) is 6.82. The molecule has 3 rings (SSSR count). The molecule has 0 saturated heterocycles. The minimum Gasteiger partial charge on any atom is -0.352 e. The molecule has 0 bridgehead atoms. The number of carbonyl (C=O) groups excluding carboxylic acids is 2. The molecule has 0 aromatic heterocycles. The molecule has 3 aromatic carbocycles. The van der Waals surface area contributed by atoms with Crippen molar-refractivity contribution in [3.05, 3.63) is 95.6 Å². The van der Waals surface area contributed by atoms with Gasteiger partial charge in [0.1, 0.15) is 12.6 Å². The number of carbonyl (C=O) groups is 2. The summed E-state index contributed by atoms with van der Waals surface area (Å²) in [5, 5.41) is 3.00. The van der Waals surface area contributed by atoms with Crippen LogP contribution in [0.2, 0.25) is 0 Å². The molecule has 7 nitrogen and oxygen atoms in total. The first-order valence-electron chi connectivity index (χ1n) is 13.4. The summed E-state index contributed by atoms with van der Waals surface area (Å²) in [5.74, 6) is -0.702. The molecule has 0 fully saturated rings. The van der Waals surface area contributed by atoms with Gasteiger partial charge in [-0.05, 0) is 62.9 Å². The molecule has 0 aliphatic rings. The predicted molar refractivity (Wildman–Crippen MR) is 156 cm³/mol. The van der Waals surface area contributed by atoms with Gasteiger partial charge in [0.2, 0.25) is 11.8 Å². The fourth-order valence-corrected chi connectivity index (χ4v) is 5.94. The summed E-state index contributed by atoms with van der Waals surface area (Å²) in [5.41, 5.74) is 3.04. The Morgan fingerprint density at radius 3 is 2.15 bits per heavy atom. The van der Waals surface area contributed by atoms with Crippen LogP contribution in [0.4, 0.5) is 5.69 Å². The van der Waals surface area contributed by atoms with Gasteiger partial charge in [0.25, 0.3) is 10.0 Å². The van der Waals surface area contributed by atoms with Crippen LogP contribution in [-0.4, -0.2) is 43.8 Å². The van der Waals surface area contributed by atoms with E-state index in [0.29, 0.717) is 12.1 Å². The van der Waals surface area contributed by atoms with Crippen molar-refractivity contribution in [3.8, 4) is 0 Å². The predicted octanol–water partition coefficient (Wildman–Crippen LogP) is 5.22. The first kappa shape index (κ1) is 29.9. The van der Waals surface area contributed by atoms with Crippen LogP contribution in [0.1, 0.15) is 50.3 Å². The summed E-state index contributed by atoms with van der Waals surface area (Å²) in [4.78, 5) is 29.0. The van der Waals surface area contributed by atoms with Crippen molar-refractivity contribution in [2.45, 2.75) is 71.0 Å². The standard InChI is InChI=1S/C31H39N3O4S/c1-6-25(5)32-31(36)28(7-2)33(21-26-16-13-14-23(3)20-26)30(35)22-34(29-19-12-11-15-24(29)4)39(37,38)27-17-9-8-10-18-27/h8-20,25,28H,6-7,21-22H2,1-5H3,(H,32,36)/t25-,28-/m0/s1. The number of benzene rings is 3. The Labute approximate surface area is 232 Å². The number of nitrogens with one attached hydrogen (secondary N) is 1. The minimum absolute atomic E-state index is 0.0515. The molecule has 0 radical (unpaired) electrons. The molecular formula is C31H39N3O4S. The first-order chi connectivity index (χ1) is 18.6. The van der Waals surface area contributed by atoms with Gasteiger partial charge in [0.05, 0.1) is 10.6 Å². The molecule has 208 valence electrons. The highest BCUT2D eigenvalue weighted by molar-refractivity contribution is 7.92. The lowest BCUT2D eigenvalue weighted by atomic mass is 10.1. The molecule has 8 heteroatoms. The zero-order valence-corrected chi connectivity index (χ0v) is 24.2. The second-order valence-electron chi connectivity index (χ2n) is 9.86. The summed E-state index contributed by atoms with van der Waals surface area (Å²) in [6.07, 6.45) is 1.14. The highest BCUT2D eigenvalue weighted by Crippen LogP contribution is 2.27. The van der Waals surface area contributed by atoms with Gasteiger partial charge in [-0.25, -0.2) is 8.42 Å². The average Bonchev–Trinajstić information content (AvgIpc) is 2.92. The SMILES string of the molecule is CC[C@H](C)NC(=O)[C@H](CC)N(Cc1cccc(C)c1)C(=O)CN(c1ccccc1C)S(=O)(=O)c1ccccc1. The third kappa shape index (κ3) is 7.47. The second kappa shape index (κ2) is 13.4. The molecule has 2 atom stereocenters. The molecular weight excluding hydrogens is 510 g/mol. The maximum Gasteiger partial charge on any atom is 0.264 e. The molecule has 0 saturated carbocycles. The molecule has 39 heavy (non-hydrogen) atoms. The number of hydrogen-bond acceptors (Lipinski definition) is 4. The van der Waals surface area contributed by atoms with Crippen LogP contribution in [0.5, 0.6) is 0 Å². The van der Waals surface area contributed by atoms with E-state index in [1.165, 1.54) is 17.0 Å². The van der Waals surface area contributed by atoms with Gasteiger partial charge in [0.15, 0.2) is 0 Å². The number of amides is 2. The normalized spacial score (nSPS) is 12.8. The van der Waals surface area contributed by atoms with E-state index in [2.05, 4.69) is 5.32 Å². The highest BCUT2D eigenvalue weighted by Gasteiger charge is 2.34. The molecule has 1 N–H and O–H groups in total. The van der Waals surface area contributed by atoms with E-state index >= 15 is 0 Å². The van der Waals surface area contributed by atoms with E-state index < -0.39 is 28.5 Å². The van der Waals surface area contributed by atoms with Crippen molar-refractivity contribution in [2.24, 2.45) is 0 Å². The van der Waals surface area contributed by atoms with Crippen molar-refractivity contribution in [1.29, 1.82) is 0 Å². The average molecular weight is 550 g/mol. The van der Waals surface area contributed by atoms with Crippen LogP contribution in [0.3, 0.4) is 0 Å². The van der Waals surface area contributed by atoms with E-state index in [9.17, 15) is 18.0 Å². The molecule has 0 unspecified atom stereocenters. The van der Waals surface area contributed by atoms with Gasteiger partial charge in [-0.15, -0.1) is 0 Å². The Bertz CT molecular complexity index is 1380. The molecule has 0 heterocycles. The lowest BCUT2D eigenvalue weighted by Gasteiger charge is -2.34. The number of sulfonamides is 1. The Kier molecular flexibility index (Phi) is 10.3. The van der Waals surface area contributed by atoms with E-state index in [1.807, 2.05) is 71.0 Å². The van der Waals surface area contributed by atoms with Crippen molar-refractivity contribution >= 4 is 27.5 Å². The number of anilines is 1. The van der Waals surface area contributed by atoms with Crippen LogP contribution in [0, 0.1) is 13.8 Å². The topological polar surface area (TPSA) is 86.8 Å². The number of aryl methyl sites for hydroxylation is 2. The fourth-order valence-electron chi connectivity index (χ4n) is 4.44. The second-order valence-corrected chi connectivity index (χ2v) is 11.7. The zero-order chi connectivity index (χ0) is 28.6. The van der Waals surface area contributed by atoms with Crippen LogP contribution < -0.4 is 9.62 Å². The number of nitrogens with zero attached hydrogens (tertiary/aromatic N) is 2. The van der Waals surface area contributed by atoms with E-state index in [1.54, 1.807) is 30.3 Å². The summed E-state index contributed by atoms with van der Waals surface area (Å²) in [7, 11) is -4.08. The van der Waals surface area contributed by atoms with Gasteiger partial charge < -0.3 is 10.2 Å². The largest absolute Gasteiger partial charge is 0.352 e. The monoisotopic (exact) mass is 549 g/mol. The van der Waals surface area contributed by atoms with Crippen LogP contribution in [0.15, 0.2) is 83.8 Å². The van der Waals surface area contributed by atoms with Gasteiger partial charge in [-0.1, -0.05) is 80.1 Å². The number of rotatable bonds is 12. The number of hydrogen-bond donors (Lipinski definition) is 1. The van der Waals surface area contributed by atoms with Gasteiger partial charge in [-0.2, -0.15) is 0 Å². The summed E-state index contributed by atoms with van der Waals surface area (Å²) >= 11 is 0. The van der Waals surface area contributed by atoms with Crippen molar-refractivity contribution in [1.82, 2.24) is 10.2 Å². The van der Waals surface area contributed by atoms with Crippen molar-refractivity contribution < 1.29 is 18.0 Å². The minimum atomic E-state index is -4.08. The third-order valence-corrected chi connectivity index (χ3v) is 8.59. The quantitative estimate of drug-likeness (QED) is 0.336. The summed E-state index contributed by atoms with van der Waals surface area (Å²) in [6, 6.07) is 22.1. The van der Waals surface area contributed by atoms with Crippen molar-refractivity contribution in [2.75, 3.05) is 10.8 Å². The van der Waals surface area contributed by atoms with Gasteiger partial charge in [-0.3, -0.25) is 13.9 Å². The van der Waals surface area contributed by atoms with Crippen LogP contribution in [0.25, 0.3) is 0 Å². The van der Waals surface area contributed by atoms with E-state index in [0.717, 1.165) is 27.4 Å². The Morgan fingerprint density at radius 1 is 0.872 bits per heavy atom.